The van der Waals surface area contributed by atoms with Crippen LogP contribution in [0.3, 0.4) is 0 Å². The molecule has 4 nitrogen and oxygen atoms in total. The number of H-pyrrole nitrogens is 1. The molecule has 0 aromatic carbocycles. The highest BCUT2D eigenvalue weighted by atomic mass is 16.2. The zero-order valence-corrected chi connectivity index (χ0v) is 7.99. The van der Waals surface area contributed by atoms with Gasteiger partial charge in [0.15, 0.2) is 0 Å². The van der Waals surface area contributed by atoms with Crippen LogP contribution in [-0.2, 0) is 17.9 Å². The first-order valence-corrected chi connectivity index (χ1v) is 5.14. The quantitative estimate of drug-likeness (QED) is 0.721. The van der Waals surface area contributed by atoms with E-state index in [4.69, 9.17) is 0 Å². The number of nitrogens with one attached hydrogen (secondary N) is 1. The minimum atomic E-state index is 0.312. The number of fused-ring (bicyclic) bond motifs is 1. The van der Waals surface area contributed by atoms with E-state index in [9.17, 15) is 4.79 Å². The van der Waals surface area contributed by atoms with E-state index in [-0.39, 0.29) is 0 Å². The molecular weight excluding hydrogens is 178 g/mol. The van der Waals surface area contributed by atoms with Crippen molar-refractivity contribution in [2.24, 2.45) is 5.92 Å². The summed E-state index contributed by atoms with van der Waals surface area (Å²) in [4.78, 5) is 13.8. The van der Waals surface area contributed by atoms with E-state index in [0.717, 1.165) is 31.6 Å². The summed E-state index contributed by atoms with van der Waals surface area (Å²) in [5.74, 6) is 0.646. The third kappa shape index (κ3) is 1.06. The second-order valence-corrected chi connectivity index (χ2v) is 4.20. The van der Waals surface area contributed by atoms with E-state index in [1.165, 1.54) is 12.0 Å². The van der Waals surface area contributed by atoms with Gasteiger partial charge in [0.2, 0.25) is 5.91 Å². The Kier molecular flexibility index (Phi) is 1.63. The van der Waals surface area contributed by atoms with Gasteiger partial charge >= 0.3 is 0 Å². The van der Waals surface area contributed by atoms with Gasteiger partial charge in [-0.2, -0.15) is 5.10 Å². The van der Waals surface area contributed by atoms with Crippen molar-refractivity contribution in [3.63, 3.8) is 0 Å². The van der Waals surface area contributed by atoms with Crippen molar-refractivity contribution >= 4 is 5.91 Å². The number of carbonyl (C=O) groups excluding carboxylic acids is 1. The number of nitrogens with zero attached hydrogens (tertiary/aromatic N) is 2. The molecule has 2 aliphatic rings. The van der Waals surface area contributed by atoms with E-state index in [2.05, 4.69) is 10.2 Å². The molecule has 0 unspecified atom stereocenters. The summed E-state index contributed by atoms with van der Waals surface area (Å²) in [5, 5.41) is 6.89. The number of aromatic nitrogens is 2. The third-order valence-corrected chi connectivity index (χ3v) is 3.28. The van der Waals surface area contributed by atoms with E-state index in [1.807, 2.05) is 11.1 Å². The number of carbonyl (C=O) groups is 1. The predicted octanol–water partition coefficient (Wildman–Crippen LogP) is 1.05. The first-order chi connectivity index (χ1) is 6.84. The van der Waals surface area contributed by atoms with Crippen molar-refractivity contribution < 1.29 is 4.79 Å². The van der Waals surface area contributed by atoms with Crippen LogP contribution in [0.25, 0.3) is 0 Å². The Morgan fingerprint density at radius 3 is 3.00 bits per heavy atom. The lowest BCUT2D eigenvalue weighted by Gasteiger charge is -2.28. The SMILES string of the molecule is O=C(C1CCC1)N1Cc2cn[nH]c2C1. The molecule has 4 heteroatoms. The van der Waals surface area contributed by atoms with Crippen molar-refractivity contribution in [1.82, 2.24) is 15.1 Å². The molecular formula is C10H13N3O. The number of aromatic amines is 1. The zero-order chi connectivity index (χ0) is 9.54. The van der Waals surface area contributed by atoms with E-state index >= 15 is 0 Å². The van der Waals surface area contributed by atoms with Gasteiger partial charge < -0.3 is 4.90 Å². The monoisotopic (exact) mass is 191 g/mol. The topological polar surface area (TPSA) is 49.0 Å². The average molecular weight is 191 g/mol. The predicted molar refractivity (Wildman–Crippen MR) is 50.2 cm³/mol. The van der Waals surface area contributed by atoms with Crippen molar-refractivity contribution in [2.75, 3.05) is 0 Å². The summed E-state index contributed by atoms with van der Waals surface area (Å²) in [7, 11) is 0. The van der Waals surface area contributed by atoms with Crippen molar-refractivity contribution in [3.8, 4) is 0 Å². The molecule has 0 saturated heterocycles. The van der Waals surface area contributed by atoms with Gasteiger partial charge in [-0.15, -0.1) is 0 Å². The minimum absolute atomic E-state index is 0.312. The number of hydrogen-bond acceptors (Lipinski definition) is 2. The van der Waals surface area contributed by atoms with Gasteiger partial charge in [0, 0.05) is 18.0 Å². The Hall–Kier alpha value is -1.32. The summed E-state index contributed by atoms with van der Waals surface area (Å²) in [5.41, 5.74) is 2.29. The lowest BCUT2D eigenvalue weighted by Crippen LogP contribution is -2.35. The first-order valence-electron chi connectivity index (χ1n) is 5.14. The van der Waals surface area contributed by atoms with E-state index in [1.54, 1.807) is 0 Å². The summed E-state index contributed by atoms with van der Waals surface area (Å²) in [6.45, 7) is 1.48. The molecule has 1 fully saturated rings. The molecule has 2 heterocycles. The zero-order valence-electron chi connectivity index (χ0n) is 7.99. The first kappa shape index (κ1) is 8.03. The average Bonchev–Trinajstić information content (AvgIpc) is 2.56. The maximum atomic E-state index is 11.9. The molecule has 1 aliphatic heterocycles. The van der Waals surface area contributed by atoms with Gasteiger partial charge in [0.05, 0.1) is 18.4 Å². The highest BCUT2D eigenvalue weighted by Gasteiger charge is 2.32. The van der Waals surface area contributed by atoms with E-state index < -0.39 is 0 Å². The molecule has 1 aromatic heterocycles. The molecule has 0 spiro atoms. The Bertz CT molecular complexity index is 347. The highest BCUT2D eigenvalue weighted by Crippen LogP contribution is 2.31. The molecule has 0 radical (unpaired) electrons. The fourth-order valence-corrected chi connectivity index (χ4v) is 2.13. The normalized spacial score (nSPS) is 20.7. The number of hydrogen-bond donors (Lipinski definition) is 1. The van der Waals surface area contributed by atoms with Gasteiger partial charge in [0.25, 0.3) is 0 Å². The summed E-state index contributed by atoms with van der Waals surface area (Å²) < 4.78 is 0. The minimum Gasteiger partial charge on any atom is -0.332 e. The molecule has 74 valence electrons. The molecule has 1 amide bonds. The van der Waals surface area contributed by atoms with Gasteiger partial charge in [-0.05, 0) is 12.8 Å². The summed E-state index contributed by atoms with van der Waals surface area (Å²) in [6.07, 6.45) is 5.21. The molecule has 0 bridgehead atoms. The summed E-state index contributed by atoms with van der Waals surface area (Å²) in [6, 6.07) is 0. The fourth-order valence-electron chi connectivity index (χ4n) is 2.13. The molecule has 1 aromatic rings. The van der Waals surface area contributed by atoms with Crippen molar-refractivity contribution in [1.29, 1.82) is 0 Å². The molecule has 1 saturated carbocycles. The van der Waals surface area contributed by atoms with Crippen LogP contribution in [0.2, 0.25) is 0 Å². The largest absolute Gasteiger partial charge is 0.332 e. The van der Waals surface area contributed by atoms with Crippen molar-refractivity contribution in [2.45, 2.75) is 32.4 Å². The number of amides is 1. The van der Waals surface area contributed by atoms with Crippen LogP contribution in [0.1, 0.15) is 30.5 Å². The van der Waals surface area contributed by atoms with Gasteiger partial charge in [-0.3, -0.25) is 9.89 Å². The third-order valence-electron chi connectivity index (χ3n) is 3.28. The maximum absolute atomic E-state index is 11.9. The Labute approximate surface area is 82.3 Å². The Balaban J connectivity index is 1.72. The Morgan fingerprint density at radius 1 is 1.50 bits per heavy atom. The molecule has 0 atom stereocenters. The van der Waals surface area contributed by atoms with Gasteiger partial charge in [-0.1, -0.05) is 6.42 Å². The van der Waals surface area contributed by atoms with Crippen molar-refractivity contribution in [3.05, 3.63) is 17.5 Å². The van der Waals surface area contributed by atoms with Crippen LogP contribution in [0.15, 0.2) is 6.20 Å². The van der Waals surface area contributed by atoms with Crippen LogP contribution in [0.4, 0.5) is 0 Å². The fraction of sp³-hybridized carbons (Fsp3) is 0.600. The second kappa shape index (κ2) is 2.83. The summed E-state index contributed by atoms with van der Waals surface area (Å²) >= 11 is 0. The standard InChI is InChI=1S/C10H13N3O/c14-10(7-2-1-3-7)13-5-8-4-11-12-9(8)6-13/h4,7H,1-3,5-6H2,(H,11,12). The molecule has 14 heavy (non-hydrogen) atoms. The maximum Gasteiger partial charge on any atom is 0.226 e. The number of rotatable bonds is 1. The van der Waals surface area contributed by atoms with Crippen LogP contribution in [-0.4, -0.2) is 21.0 Å². The van der Waals surface area contributed by atoms with Crippen LogP contribution in [0, 0.1) is 5.92 Å². The van der Waals surface area contributed by atoms with Gasteiger partial charge in [0.1, 0.15) is 0 Å². The second-order valence-electron chi connectivity index (χ2n) is 4.20. The smallest absolute Gasteiger partial charge is 0.226 e. The highest BCUT2D eigenvalue weighted by molar-refractivity contribution is 5.80. The molecule has 1 N–H and O–H groups in total. The lowest BCUT2D eigenvalue weighted by atomic mass is 9.84. The van der Waals surface area contributed by atoms with E-state index in [0.29, 0.717) is 11.8 Å². The molecule has 3 rings (SSSR count). The van der Waals surface area contributed by atoms with Crippen LogP contribution in [0.5, 0.6) is 0 Å². The van der Waals surface area contributed by atoms with Crippen LogP contribution < -0.4 is 0 Å². The molecule has 1 aliphatic carbocycles. The Morgan fingerprint density at radius 2 is 2.36 bits per heavy atom. The lowest BCUT2D eigenvalue weighted by molar-refractivity contribution is -0.138. The van der Waals surface area contributed by atoms with Gasteiger partial charge in [-0.25, -0.2) is 0 Å². The van der Waals surface area contributed by atoms with Crippen LogP contribution >= 0.6 is 0 Å².